The summed E-state index contributed by atoms with van der Waals surface area (Å²) < 4.78 is 11.8. The van der Waals surface area contributed by atoms with Gasteiger partial charge in [-0.1, -0.05) is 31.4 Å². The van der Waals surface area contributed by atoms with Gasteiger partial charge in [-0.25, -0.2) is 4.99 Å². The molecule has 1 saturated carbocycles. The first kappa shape index (κ1) is 24.4. The number of guanidine groups is 1. The van der Waals surface area contributed by atoms with E-state index < -0.39 is 0 Å². The summed E-state index contributed by atoms with van der Waals surface area (Å²) in [7, 11) is 0. The first-order chi connectivity index (χ1) is 15.7. The lowest BCUT2D eigenvalue weighted by Gasteiger charge is -2.21. The van der Waals surface area contributed by atoms with Crippen molar-refractivity contribution in [1.29, 1.82) is 0 Å². The molecule has 0 bridgehead atoms. The molecule has 1 aromatic rings. The topological polar surface area (TPSA) is 84.0 Å². The van der Waals surface area contributed by atoms with Crippen LogP contribution >= 0.6 is 0 Å². The van der Waals surface area contributed by atoms with Crippen LogP contribution < -0.4 is 20.7 Å². The van der Waals surface area contributed by atoms with Crippen molar-refractivity contribution in [3.63, 3.8) is 0 Å². The van der Waals surface area contributed by atoms with Crippen molar-refractivity contribution >= 4 is 11.9 Å². The van der Waals surface area contributed by atoms with E-state index >= 15 is 0 Å². The number of aliphatic imine (C=N–C) groups is 1. The summed E-state index contributed by atoms with van der Waals surface area (Å²) in [6.45, 7) is 8.06. The average molecular weight is 445 g/mol. The number of aryl methyl sites for hydroxylation is 1. The molecule has 0 radical (unpaired) electrons. The zero-order valence-corrected chi connectivity index (χ0v) is 19.8. The zero-order valence-electron chi connectivity index (χ0n) is 19.8. The molecule has 7 heteroatoms. The molecule has 1 unspecified atom stereocenters. The Morgan fingerprint density at radius 1 is 1.09 bits per heavy atom. The number of nitrogens with one attached hydrogen (secondary N) is 3. The fraction of sp³-hybridized carbons (Fsp3) is 0.680. The van der Waals surface area contributed by atoms with Crippen LogP contribution in [-0.2, 0) is 16.1 Å². The largest absolute Gasteiger partial charge is 0.491 e. The molecule has 1 amide bonds. The fourth-order valence-electron chi connectivity index (χ4n) is 4.27. The van der Waals surface area contributed by atoms with E-state index in [4.69, 9.17) is 14.5 Å². The van der Waals surface area contributed by atoms with E-state index in [1.54, 1.807) is 0 Å². The van der Waals surface area contributed by atoms with Crippen molar-refractivity contribution in [1.82, 2.24) is 16.0 Å². The third-order valence-corrected chi connectivity index (χ3v) is 6.12. The van der Waals surface area contributed by atoms with E-state index in [0.29, 0.717) is 26.2 Å². The second-order valence-corrected chi connectivity index (χ2v) is 8.81. The third-order valence-electron chi connectivity index (χ3n) is 6.12. The second-order valence-electron chi connectivity index (χ2n) is 8.81. The molecule has 1 aliphatic carbocycles. The molecule has 1 atom stereocenters. The molecule has 178 valence electrons. The zero-order chi connectivity index (χ0) is 22.6. The summed E-state index contributed by atoms with van der Waals surface area (Å²) in [4.78, 5) is 17.0. The number of benzene rings is 1. The summed E-state index contributed by atoms with van der Waals surface area (Å²) in [5.74, 6) is 2.01. The minimum absolute atomic E-state index is 0.190. The van der Waals surface area contributed by atoms with Crippen LogP contribution in [0.25, 0.3) is 0 Å². The molecule has 2 fully saturated rings. The molecule has 3 N–H and O–H groups in total. The van der Waals surface area contributed by atoms with Crippen molar-refractivity contribution in [3.8, 4) is 5.75 Å². The van der Waals surface area contributed by atoms with E-state index in [2.05, 4.69) is 41.1 Å². The third kappa shape index (κ3) is 8.01. The summed E-state index contributed by atoms with van der Waals surface area (Å²) in [6.07, 6.45) is 8.01. The number of hydrogen-bond donors (Lipinski definition) is 3. The van der Waals surface area contributed by atoms with Crippen LogP contribution in [0.5, 0.6) is 5.75 Å². The van der Waals surface area contributed by atoms with Crippen LogP contribution in [0.3, 0.4) is 0 Å². The van der Waals surface area contributed by atoms with Gasteiger partial charge in [0.15, 0.2) is 5.96 Å². The number of amides is 1. The summed E-state index contributed by atoms with van der Waals surface area (Å²) in [5.41, 5.74) is 2.22. The van der Waals surface area contributed by atoms with E-state index in [9.17, 15) is 4.79 Å². The van der Waals surface area contributed by atoms with Gasteiger partial charge in [0.05, 0.1) is 12.6 Å². The minimum Gasteiger partial charge on any atom is -0.491 e. The number of nitrogens with zero attached hydrogens (tertiary/aromatic N) is 1. The summed E-state index contributed by atoms with van der Waals surface area (Å²) in [5, 5.41) is 9.66. The Labute approximate surface area is 192 Å². The fourth-order valence-corrected chi connectivity index (χ4v) is 4.27. The van der Waals surface area contributed by atoms with Crippen LogP contribution in [0.2, 0.25) is 0 Å². The first-order valence-corrected chi connectivity index (χ1v) is 12.3. The second kappa shape index (κ2) is 13.3. The summed E-state index contributed by atoms with van der Waals surface area (Å²) >= 11 is 0. The highest BCUT2D eigenvalue weighted by molar-refractivity contribution is 5.80. The number of carbonyl (C=O) groups excluding carboxylic acids is 1. The maximum Gasteiger partial charge on any atom is 0.223 e. The molecule has 1 aromatic carbocycles. The molecule has 2 aliphatic rings. The lowest BCUT2D eigenvalue weighted by Crippen LogP contribution is -2.42. The van der Waals surface area contributed by atoms with Gasteiger partial charge in [0.1, 0.15) is 12.4 Å². The smallest absolute Gasteiger partial charge is 0.223 e. The van der Waals surface area contributed by atoms with Crippen molar-refractivity contribution < 1.29 is 14.3 Å². The highest BCUT2D eigenvalue weighted by atomic mass is 16.5. The van der Waals surface area contributed by atoms with Crippen molar-refractivity contribution in [2.45, 2.75) is 71.4 Å². The SMILES string of the molecule is CCNC(=NCc1ccc(C)cc1OCC1CCCO1)NCCNC(=O)C1CCCCC1. The van der Waals surface area contributed by atoms with Crippen LogP contribution in [0.4, 0.5) is 0 Å². The molecule has 0 aromatic heterocycles. The lowest BCUT2D eigenvalue weighted by molar-refractivity contribution is -0.125. The number of hydrogen-bond acceptors (Lipinski definition) is 4. The Morgan fingerprint density at radius 2 is 1.91 bits per heavy atom. The van der Waals surface area contributed by atoms with Crippen LogP contribution in [0.1, 0.15) is 63.0 Å². The van der Waals surface area contributed by atoms with E-state index in [0.717, 1.165) is 56.1 Å². The first-order valence-electron chi connectivity index (χ1n) is 12.3. The van der Waals surface area contributed by atoms with Gasteiger partial charge in [-0.15, -0.1) is 0 Å². The molecule has 1 heterocycles. The molecule has 3 rings (SSSR count). The quantitative estimate of drug-likeness (QED) is 0.293. The molecule has 1 saturated heterocycles. The molecule has 7 nitrogen and oxygen atoms in total. The van der Waals surface area contributed by atoms with Crippen LogP contribution in [0.15, 0.2) is 23.2 Å². The Kier molecular flexibility index (Phi) is 10.1. The van der Waals surface area contributed by atoms with Gasteiger partial charge >= 0.3 is 0 Å². The molecule has 32 heavy (non-hydrogen) atoms. The standard InChI is InChI=1S/C25H40N4O3/c1-3-26-25(28-14-13-27-24(30)20-8-5-4-6-9-20)29-17-21-12-11-19(2)16-23(21)32-18-22-10-7-15-31-22/h11-12,16,20,22H,3-10,13-15,17-18H2,1-2H3,(H,27,30)(H2,26,28,29). The molecule has 1 aliphatic heterocycles. The Bertz CT molecular complexity index is 741. The Hall–Kier alpha value is -2.28. The van der Waals surface area contributed by atoms with E-state index in [1.807, 2.05) is 6.92 Å². The van der Waals surface area contributed by atoms with Crippen molar-refractivity contribution in [2.75, 3.05) is 32.8 Å². The van der Waals surface area contributed by atoms with Gasteiger partial charge in [-0.05, 0) is 51.2 Å². The predicted octanol–water partition coefficient (Wildman–Crippen LogP) is 3.30. The Balaban J connectivity index is 1.48. The predicted molar refractivity (Wildman–Crippen MR) is 128 cm³/mol. The van der Waals surface area contributed by atoms with Gasteiger partial charge < -0.3 is 25.4 Å². The maximum atomic E-state index is 12.3. The average Bonchev–Trinajstić information content (AvgIpc) is 3.33. The van der Waals surface area contributed by atoms with Gasteiger partial charge in [-0.2, -0.15) is 0 Å². The molecule has 0 spiro atoms. The van der Waals surface area contributed by atoms with Gasteiger partial charge in [0.25, 0.3) is 0 Å². The van der Waals surface area contributed by atoms with Gasteiger partial charge in [0, 0.05) is 37.7 Å². The number of rotatable bonds is 10. The molecular formula is C25H40N4O3. The Morgan fingerprint density at radius 3 is 2.66 bits per heavy atom. The van der Waals surface area contributed by atoms with E-state index in [-0.39, 0.29) is 17.9 Å². The maximum absolute atomic E-state index is 12.3. The van der Waals surface area contributed by atoms with Crippen molar-refractivity contribution in [3.05, 3.63) is 29.3 Å². The van der Waals surface area contributed by atoms with Crippen LogP contribution in [-0.4, -0.2) is 50.8 Å². The van der Waals surface area contributed by atoms with Crippen LogP contribution in [0, 0.1) is 12.8 Å². The highest BCUT2D eigenvalue weighted by Gasteiger charge is 2.20. The monoisotopic (exact) mass is 444 g/mol. The lowest BCUT2D eigenvalue weighted by atomic mass is 9.89. The minimum atomic E-state index is 0.190. The van der Waals surface area contributed by atoms with E-state index in [1.165, 1.54) is 24.8 Å². The van der Waals surface area contributed by atoms with Crippen molar-refractivity contribution in [2.24, 2.45) is 10.9 Å². The van der Waals surface area contributed by atoms with Gasteiger partial charge in [0.2, 0.25) is 5.91 Å². The number of ether oxygens (including phenoxy) is 2. The molecular weight excluding hydrogens is 404 g/mol. The summed E-state index contributed by atoms with van der Waals surface area (Å²) in [6, 6.07) is 6.24. The highest BCUT2D eigenvalue weighted by Crippen LogP contribution is 2.24. The normalized spacial score (nSPS) is 19.6. The van der Waals surface area contributed by atoms with Gasteiger partial charge in [-0.3, -0.25) is 4.79 Å². The number of carbonyl (C=O) groups is 1.